The molecule has 1 atom stereocenters. The lowest BCUT2D eigenvalue weighted by molar-refractivity contribution is 0.748. The molecule has 60 valence electrons. The van der Waals surface area contributed by atoms with E-state index >= 15 is 0 Å². The quantitative estimate of drug-likeness (QED) is 0.680. The molecule has 0 amide bonds. The van der Waals surface area contributed by atoms with E-state index in [4.69, 9.17) is 10.7 Å². The number of hydrogen-bond donors (Lipinski definition) is 0. The first-order valence-electron chi connectivity index (χ1n) is 2.71. The van der Waals surface area contributed by atoms with Gasteiger partial charge in [-0.15, -0.1) is 0 Å². The van der Waals surface area contributed by atoms with E-state index in [1.807, 2.05) is 7.05 Å². The van der Waals surface area contributed by atoms with Crippen LogP contribution in [0.25, 0.3) is 0 Å². The average Bonchev–Trinajstić information content (AvgIpc) is 2.37. The Bertz CT molecular complexity index is 347. The van der Waals surface area contributed by atoms with Crippen LogP contribution in [0.5, 0.6) is 0 Å². The molecule has 0 saturated heterocycles. The Morgan fingerprint density at radius 1 is 1.73 bits per heavy atom. The van der Waals surface area contributed by atoms with E-state index in [2.05, 4.69) is 25.4 Å². The highest BCUT2D eigenvalue weighted by atomic mass is 79.9. The summed E-state index contributed by atoms with van der Waals surface area (Å²) in [6.07, 6.45) is 0. The van der Waals surface area contributed by atoms with Crippen LogP contribution in [0.15, 0.2) is 13.9 Å². The molecular formula is C4H3BrClN3S2. The zero-order chi connectivity index (χ0) is 8.01. The second-order valence-electron chi connectivity index (χ2n) is 1.95. The molecule has 1 unspecified atom stereocenters. The second-order valence-corrected chi connectivity index (χ2v) is 6.74. The van der Waals surface area contributed by atoms with E-state index < -0.39 is 8.94 Å². The van der Waals surface area contributed by atoms with E-state index in [9.17, 15) is 0 Å². The van der Waals surface area contributed by atoms with E-state index in [0.29, 0.717) is 0 Å². The summed E-state index contributed by atoms with van der Waals surface area (Å²) < 4.78 is 6.83. The van der Waals surface area contributed by atoms with Crippen LogP contribution in [-0.4, -0.2) is 9.78 Å². The molecule has 1 aliphatic rings. The van der Waals surface area contributed by atoms with Gasteiger partial charge in [-0.05, 0) is 37.4 Å². The maximum Gasteiger partial charge on any atom is 0.198 e. The number of rotatable bonds is 0. The molecule has 0 fully saturated rings. The maximum atomic E-state index is 5.80. The van der Waals surface area contributed by atoms with Gasteiger partial charge in [0.15, 0.2) is 5.82 Å². The van der Waals surface area contributed by atoms with Gasteiger partial charge in [-0.2, -0.15) is 9.46 Å². The predicted octanol–water partition coefficient (Wildman–Crippen LogP) is 2.79. The van der Waals surface area contributed by atoms with Crippen molar-refractivity contribution in [3.05, 3.63) is 4.60 Å². The monoisotopic (exact) mass is 271 g/mol. The van der Waals surface area contributed by atoms with Crippen LogP contribution in [-0.2, 0) is 16.0 Å². The van der Waals surface area contributed by atoms with Crippen LogP contribution in [0, 0.1) is 0 Å². The molecule has 2 heterocycles. The lowest BCUT2D eigenvalue weighted by Crippen LogP contribution is -1.89. The van der Waals surface area contributed by atoms with Gasteiger partial charge in [0, 0.05) is 7.05 Å². The SMILES string of the molecule is Cn1nc2c(c1Br)SS(Cl)=N2. The first-order valence-corrected chi connectivity index (χ1v) is 6.85. The molecule has 1 aliphatic heterocycles. The van der Waals surface area contributed by atoms with Crippen LogP contribution in [0.1, 0.15) is 0 Å². The van der Waals surface area contributed by atoms with E-state index in [-0.39, 0.29) is 0 Å². The third kappa shape index (κ3) is 1.26. The summed E-state index contributed by atoms with van der Waals surface area (Å²) in [7, 11) is 8.75. The van der Waals surface area contributed by atoms with Gasteiger partial charge >= 0.3 is 0 Å². The molecule has 0 aromatic carbocycles. The average molecular weight is 273 g/mol. The Hall–Kier alpha value is 0.480. The summed E-state index contributed by atoms with van der Waals surface area (Å²) in [5.41, 5.74) is 0. The fourth-order valence-electron chi connectivity index (χ4n) is 0.757. The largest absolute Gasteiger partial charge is 0.258 e. The molecule has 0 saturated carbocycles. The van der Waals surface area contributed by atoms with Crippen molar-refractivity contribution in [2.24, 2.45) is 11.4 Å². The fourth-order valence-corrected chi connectivity index (χ4v) is 4.40. The highest BCUT2D eigenvalue weighted by molar-refractivity contribution is 9.10. The minimum absolute atomic E-state index is 0.449. The summed E-state index contributed by atoms with van der Waals surface area (Å²) in [6.45, 7) is 0. The summed E-state index contributed by atoms with van der Waals surface area (Å²) in [6, 6.07) is 0. The zero-order valence-corrected chi connectivity index (χ0v) is 9.39. The van der Waals surface area contributed by atoms with Crippen molar-refractivity contribution in [3.8, 4) is 0 Å². The summed E-state index contributed by atoms with van der Waals surface area (Å²) in [5.74, 6) is 0.753. The number of hydrogen-bond acceptors (Lipinski definition) is 3. The topological polar surface area (TPSA) is 30.2 Å². The van der Waals surface area contributed by atoms with E-state index in [0.717, 1.165) is 15.3 Å². The number of fused-ring (bicyclic) bond motifs is 1. The van der Waals surface area contributed by atoms with E-state index in [1.165, 1.54) is 10.8 Å². The standard InChI is InChI=1S/C4H3BrClN3S2/c1-9-3(5)2-4(7-9)8-11(6)10-2/h1H3. The van der Waals surface area contributed by atoms with Crippen LogP contribution < -0.4 is 0 Å². The Labute approximate surface area is 82.6 Å². The van der Waals surface area contributed by atoms with Crippen molar-refractivity contribution in [3.63, 3.8) is 0 Å². The molecule has 0 spiro atoms. The fraction of sp³-hybridized carbons (Fsp3) is 0.250. The van der Waals surface area contributed by atoms with Gasteiger partial charge in [0.1, 0.15) is 4.60 Å². The van der Waals surface area contributed by atoms with Crippen molar-refractivity contribution in [2.75, 3.05) is 0 Å². The van der Waals surface area contributed by atoms with Gasteiger partial charge in [-0.3, -0.25) is 4.68 Å². The summed E-state index contributed by atoms with van der Waals surface area (Å²) in [4.78, 5) is 1.05. The summed E-state index contributed by atoms with van der Waals surface area (Å²) in [5, 5.41) is 4.15. The van der Waals surface area contributed by atoms with Gasteiger partial charge in [0.05, 0.1) is 13.8 Å². The third-order valence-electron chi connectivity index (χ3n) is 1.23. The molecule has 0 bridgehead atoms. The Morgan fingerprint density at radius 3 is 3.09 bits per heavy atom. The Kier molecular flexibility index (Phi) is 2.03. The molecule has 2 rings (SSSR count). The summed E-state index contributed by atoms with van der Waals surface area (Å²) >= 11 is 3.39. The molecule has 0 N–H and O–H groups in total. The van der Waals surface area contributed by atoms with Crippen LogP contribution in [0.2, 0.25) is 0 Å². The number of nitrogens with zero attached hydrogens (tertiary/aromatic N) is 3. The Balaban J connectivity index is 2.59. The number of aryl methyl sites for hydroxylation is 1. The molecular weight excluding hydrogens is 270 g/mol. The molecule has 0 aliphatic carbocycles. The van der Waals surface area contributed by atoms with Gasteiger partial charge < -0.3 is 0 Å². The first-order chi connectivity index (χ1) is 5.18. The molecule has 3 nitrogen and oxygen atoms in total. The minimum atomic E-state index is -0.449. The van der Waals surface area contributed by atoms with Crippen molar-refractivity contribution in [1.29, 1.82) is 0 Å². The van der Waals surface area contributed by atoms with E-state index in [1.54, 1.807) is 4.68 Å². The highest BCUT2D eigenvalue weighted by Gasteiger charge is 2.21. The lowest BCUT2D eigenvalue weighted by atomic mass is 10.6. The van der Waals surface area contributed by atoms with Crippen molar-refractivity contribution in [1.82, 2.24) is 9.78 Å². The molecule has 0 radical (unpaired) electrons. The van der Waals surface area contributed by atoms with Crippen molar-refractivity contribution < 1.29 is 0 Å². The van der Waals surface area contributed by atoms with Gasteiger partial charge in [-0.25, -0.2) is 0 Å². The minimum Gasteiger partial charge on any atom is -0.258 e. The van der Waals surface area contributed by atoms with Crippen LogP contribution >= 0.6 is 37.4 Å². The second kappa shape index (κ2) is 2.76. The number of halogens is 2. The predicted molar refractivity (Wildman–Crippen MR) is 52.1 cm³/mol. The van der Waals surface area contributed by atoms with Crippen LogP contribution in [0.3, 0.4) is 0 Å². The molecule has 1 aromatic rings. The van der Waals surface area contributed by atoms with Crippen molar-refractivity contribution in [2.45, 2.75) is 4.90 Å². The maximum absolute atomic E-state index is 5.80. The van der Waals surface area contributed by atoms with Crippen molar-refractivity contribution >= 4 is 52.2 Å². The van der Waals surface area contributed by atoms with Crippen LogP contribution in [0.4, 0.5) is 5.82 Å². The van der Waals surface area contributed by atoms with Gasteiger partial charge in [-0.1, -0.05) is 0 Å². The zero-order valence-electron chi connectivity index (χ0n) is 5.41. The molecule has 7 heteroatoms. The smallest absolute Gasteiger partial charge is 0.198 e. The Morgan fingerprint density at radius 2 is 2.45 bits per heavy atom. The highest BCUT2D eigenvalue weighted by Crippen LogP contribution is 2.45. The third-order valence-corrected chi connectivity index (χ3v) is 5.31. The number of aromatic nitrogens is 2. The van der Waals surface area contributed by atoms with Gasteiger partial charge in [0.25, 0.3) is 0 Å². The lowest BCUT2D eigenvalue weighted by Gasteiger charge is -1.91. The normalized spacial score (nSPS) is 21.5. The molecule has 11 heavy (non-hydrogen) atoms. The molecule has 1 aromatic heterocycles. The van der Waals surface area contributed by atoms with Gasteiger partial charge in [0.2, 0.25) is 0 Å². The first kappa shape index (κ1) is 8.10.